The third-order valence-electron chi connectivity index (χ3n) is 5.40. The van der Waals surface area contributed by atoms with Gasteiger partial charge in [-0.15, -0.1) is 0 Å². The molecule has 2 aromatic rings. The number of nitrogens with one attached hydrogen (secondary N) is 1. The quantitative estimate of drug-likeness (QED) is 0.549. The zero-order valence-corrected chi connectivity index (χ0v) is 18.4. The number of benzene rings is 2. The van der Waals surface area contributed by atoms with Gasteiger partial charge in [-0.3, -0.25) is 4.72 Å². The van der Waals surface area contributed by atoms with E-state index in [9.17, 15) is 18.3 Å². The largest absolute Gasteiger partial charge is 0.478 e. The average Bonchev–Trinajstić information content (AvgIpc) is 2.73. The Labute approximate surface area is 183 Å². The van der Waals surface area contributed by atoms with Crippen LogP contribution >= 0.6 is 0 Å². The molecule has 3 rings (SSSR count). The van der Waals surface area contributed by atoms with E-state index in [0.29, 0.717) is 25.1 Å². The zero-order valence-electron chi connectivity index (χ0n) is 17.5. The van der Waals surface area contributed by atoms with Crippen molar-refractivity contribution in [3.05, 3.63) is 64.7 Å². The van der Waals surface area contributed by atoms with E-state index in [4.69, 9.17) is 5.11 Å². The number of sulfonamides is 1. The highest BCUT2D eigenvalue weighted by molar-refractivity contribution is 7.92. The van der Waals surface area contributed by atoms with Gasteiger partial charge in [-0.05, 0) is 61.6 Å². The van der Waals surface area contributed by atoms with Crippen LogP contribution in [0.4, 0.5) is 5.69 Å². The van der Waals surface area contributed by atoms with Gasteiger partial charge in [-0.25, -0.2) is 13.2 Å². The van der Waals surface area contributed by atoms with E-state index >= 15 is 0 Å². The lowest BCUT2D eigenvalue weighted by Crippen LogP contribution is -2.22. The molecule has 0 saturated carbocycles. The van der Waals surface area contributed by atoms with Crippen LogP contribution in [-0.2, 0) is 22.9 Å². The topological polar surface area (TPSA) is 107 Å². The number of hydrogen-bond donors (Lipinski definition) is 3. The number of aliphatic hydroxyl groups is 1. The zero-order chi connectivity index (χ0) is 22.4. The van der Waals surface area contributed by atoms with Gasteiger partial charge in [-0.2, -0.15) is 0 Å². The lowest BCUT2D eigenvalue weighted by atomic mass is 9.87. The van der Waals surface area contributed by atoms with Crippen LogP contribution in [0.3, 0.4) is 0 Å². The number of anilines is 1. The number of aryl methyl sites for hydroxylation is 1. The molecule has 1 aliphatic rings. The van der Waals surface area contributed by atoms with Crippen LogP contribution in [0.2, 0.25) is 0 Å². The van der Waals surface area contributed by atoms with Crippen LogP contribution in [0.5, 0.6) is 0 Å². The summed E-state index contributed by atoms with van der Waals surface area (Å²) in [5.74, 6) is -1.13. The van der Waals surface area contributed by atoms with E-state index in [0.717, 1.165) is 30.4 Å². The molecule has 8 heteroatoms. The highest BCUT2D eigenvalue weighted by Gasteiger charge is 2.25. The van der Waals surface area contributed by atoms with E-state index in [2.05, 4.69) is 4.72 Å². The van der Waals surface area contributed by atoms with Gasteiger partial charge in [0.2, 0.25) is 0 Å². The molecule has 1 aliphatic carbocycles. The fourth-order valence-corrected chi connectivity index (χ4v) is 5.12. The summed E-state index contributed by atoms with van der Waals surface area (Å²) >= 11 is 0. The summed E-state index contributed by atoms with van der Waals surface area (Å²) in [6.45, 7) is 1.12. The van der Waals surface area contributed by atoms with Crippen molar-refractivity contribution in [3.8, 4) is 0 Å². The number of aliphatic hydroxyl groups excluding tert-OH is 1. The van der Waals surface area contributed by atoms with Crippen LogP contribution < -0.4 is 4.72 Å². The molecule has 0 atom stereocenters. The second-order valence-corrected chi connectivity index (χ2v) is 9.32. The van der Waals surface area contributed by atoms with Crippen LogP contribution in [0.1, 0.15) is 39.9 Å². The predicted molar refractivity (Wildman–Crippen MR) is 121 cm³/mol. The molecule has 0 fully saturated rings. The normalized spacial score (nSPS) is 14.0. The van der Waals surface area contributed by atoms with Crippen LogP contribution in [0.25, 0.3) is 6.08 Å². The summed E-state index contributed by atoms with van der Waals surface area (Å²) in [4.78, 5) is 13.9. The first kappa shape index (κ1) is 23.0. The molecule has 0 aromatic heterocycles. The van der Waals surface area contributed by atoms with Crippen molar-refractivity contribution in [1.29, 1.82) is 0 Å². The molecule has 31 heavy (non-hydrogen) atoms. The molecule has 0 heterocycles. The SMILES string of the molecule is CN(C/C=C/c1ccccc1S(=O)(=O)Nc1ccc2c(c1C(=O)O)CCCC2)CCO. The summed E-state index contributed by atoms with van der Waals surface area (Å²) in [7, 11) is -2.15. The summed E-state index contributed by atoms with van der Waals surface area (Å²) in [6.07, 6.45) is 6.87. The summed E-state index contributed by atoms with van der Waals surface area (Å²) < 4.78 is 28.9. The van der Waals surface area contributed by atoms with Crippen molar-refractivity contribution in [2.24, 2.45) is 0 Å². The van der Waals surface area contributed by atoms with E-state index < -0.39 is 16.0 Å². The third-order valence-corrected chi connectivity index (χ3v) is 6.84. The Morgan fingerprint density at radius 2 is 1.90 bits per heavy atom. The number of carboxylic acids is 1. The molecule has 0 unspecified atom stereocenters. The Hall–Kier alpha value is -2.68. The highest BCUT2D eigenvalue weighted by atomic mass is 32.2. The van der Waals surface area contributed by atoms with Crippen molar-refractivity contribution in [2.45, 2.75) is 30.6 Å². The minimum atomic E-state index is -4.01. The van der Waals surface area contributed by atoms with Gasteiger partial charge in [0.05, 0.1) is 22.8 Å². The number of hydrogen-bond acceptors (Lipinski definition) is 5. The van der Waals surface area contributed by atoms with Crippen LogP contribution in [0.15, 0.2) is 47.4 Å². The summed E-state index contributed by atoms with van der Waals surface area (Å²) in [6, 6.07) is 9.95. The monoisotopic (exact) mass is 444 g/mol. The molecule has 7 nitrogen and oxygen atoms in total. The number of nitrogens with zero attached hydrogens (tertiary/aromatic N) is 1. The Kier molecular flexibility index (Phi) is 7.48. The summed E-state index contributed by atoms with van der Waals surface area (Å²) in [5, 5.41) is 18.8. The minimum absolute atomic E-state index is 0.0411. The van der Waals surface area contributed by atoms with Gasteiger partial charge in [0.1, 0.15) is 0 Å². The lowest BCUT2D eigenvalue weighted by molar-refractivity contribution is 0.0696. The predicted octanol–water partition coefficient (Wildman–Crippen LogP) is 3.00. The minimum Gasteiger partial charge on any atom is -0.478 e. The summed E-state index contributed by atoms with van der Waals surface area (Å²) in [5.41, 5.74) is 2.33. The molecule has 3 N–H and O–H groups in total. The molecule has 166 valence electrons. The molecule has 0 saturated heterocycles. The van der Waals surface area contributed by atoms with Gasteiger partial charge >= 0.3 is 5.97 Å². The Morgan fingerprint density at radius 1 is 1.16 bits per heavy atom. The maximum Gasteiger partial charge on any atom is 0.338 e. The van der Waals surface area contributed by atoms with Crippen LogP contribution in [-0.4, -0.2) is 56.2 Å². The van der Waals surface area contributed by atoms with Gasteiger partial charge in [0, 0.05) is 13.1 Å². The molecule has 0 spiro atoms. The molecule has 0 bridgehead atoms. The number of carboxylic acid groups (broad SMARTS) is 1. The first-order chi connectivity index (χ1) is 14.8. The Morgan fingerprint density at radius 3 is 2.65 bits per heavy atom. The molecule has 0 amide bonds. The Bertz CT molecular complexity index is 1080. The molecule has 0 radical (unpaired) electrons. The molecule has 2 aromatic carbocycles. The van der Waals surface area contributed by atoms with Gasteiger partial charge in [0.25, 0.3) is 10.0 Å². The standard InChI is InChI=1S/C23H28N2O5S/c1-25(15-16-26)14-6-9-18-8-3-5-11-21(18)31(29,30)24-20-13-12-17-7-2-4-10-19(17)22(20)23(27)28/h3,5-6,8-9,11-13,24,26H,2,4,7,10,14-16H2,1H3,(H,27,28)/b9-6+. The van der Waals surface area contributed by atoms with Crippen molar-refractivity contribution in [1.82, 2.24) is 4.90 Å². The Balaban J connectivity index is 1.92. The van der Waals surface area contributed by atoms with Crippen molar-refractivity contribution in [3.63, 3.8) is 0 Å². The average molecular weight is 445 g/mol. The molecular formula is C23H28N2O5S. The van der Waals surface area contributed by atoms with E-state index in [1.54, 1.807) is 30.3 Å². The number of carbonyl (C=O) groups is 1. The van der Waals surface area contributed by atoms with Crippen molar-refractivity contribution < 1.29 is 23.4 Å². The number of aromatic carboxylic acids is 1. The highest BCUT2D eigenvalue weighted by Crippen LogP contribution is 2.31. The van der Waals surface area contributed by atoms with E-state index in [1.165, 1.54) is 6.07 Å². The van der Waals surface area contributed by atoms with Gasteiger partial charge in [-0.1, -0.05) is 36.4 Å². The fraction of sp³-hybridized carbons (Fsp3) is 0.348. The fourth-order valence-electron chi connectivity index (χ4n) is 3.84. The van der Waals surface area contributed by atoms with Crippen LogP contribution in [0, 0.1) is 0 Å². The maximum atomic E-state index is 13.2. The van der Waals surface area contributed by atoms with E-state index in [1.807, 2.05) is 24.1 Å². The molecule has 0 aliphatic heterocycles. The number of likely N-dealkylation sites (N-methyl/N-ethyl adjacent to an activating group) is 1. The third kappa shape index (κ3) is 5.52. The van der Waals surface area contributed by atoms with Gasteiger partial charge < -0.3 is 15.1 Å². The number of rotatable bonds is 9. The van der Waals surface area contributed by atoms with E-state index in [-0.39, 0.29) is 22.8 Å². The smallest absolute Gasteiger partial charge is 0.338 e. The second-order valence-electron chi connectivity index (χ2n) is 7.67. The maximum absolute atomic E-state index is 13.2. The molecular weight excluding hydrogens is 416 g/mol. The number of fused-ring (bicyclic) bond motifs is 1. The van der Waals surface area contributed by atoms with Crippen molar-refractivity contribution >= 4 is 27.8 Å². The second kappa shape index (κ2) is 10.1. The van der Waals surface area contributed by atoms with Gasteiger partial charge in [0.15, 0.2) is 0 Å². The first-order valence-electron chi connectivity index (χ1n) is 10.3. The van der Waals surface area contributed by atoms with Crippen molar-refractivity contribution in [2.75, 3.05) is 31.5 Å². The first-order valence-corrected chi connectivity index (χ1v) is 11.8. The lowest BCUT2D eigenvalue weighted by Gasteiger charge is -2.21.